The van der Waals surface area contributed by atoms with E-state index >= 15 is 0 Å². The van der Waals surface area contributed by atoms with E-state index < -0.39 is 0 Å². The number of nitrogens with zero attached hydrogens (tertiary/aromatic N) is 4. The molecule has 14 heavy (non-hydrogen) atoms. The average molecular weight is 215 g/mol. The third-order valence-corrected chi connectivity index (χ3v) is 2.07. The molecule has 0 fully saturated rings. The van der Waals surface area contributed by atoms with E-state index in [0.717, 1.165) is 18.9 Å². The molecule has 0 aliphatic carbocycles. The molecule has 0 aliphatic heterocycles. The number of hydrogen-bond acceptors (Lipinski definition) is 4. The Balaban J connectivity index is 2.56. The number of halogens is 1. The maximum absolute atomic E-state index is 5.69. The second-order valence-electron chi connectivity index (χ2n) is 3.41. The van der Waals surface area contributed by atoms with Gasteiger partial charge < -0.3 is 9.80 Å². The van der Waals surface area contributed by atoms with Crippen LogP contribution in [0.1, 0.15) is 0 Å². The van der Waals surface area contributed by atoms with Crippen molar-refractivity contribution in [3.63, 3.8) is 0 Å². The summed E-state index contributed by atoms with van der Waals surface area (Å²) in [5, 5.41) is 0.291. The Morgan fingerprint density at radius 3 is 2.57 bits per heavy atom. The Labute approximate surface area is 89.5 Å². The summed E-state index contributed by atoms with van der Waals surface area (Å²) in [7, 11) is 6.07. The Morgan fingerprint density at radius 1 is 1.29 bits per heavy atom. The second-order valence-corrected chi connectivity index (χ2v) is 3.75. The smallest absolute Gasteiger partial charge is 0.224 e. The second kappa shape index (κ2) is 5.12. The van der Waals surface area contributed by atoms with Gasteiger partial charge in [-0.25, -0.2) is 9.97 Å². The number of rotatable bonds is 4. The number of likely N-dealkylation sites (N-methyl/N-ethyl adjacent to an activating group) is 2. The van der Waals surface area contributed by atoms with Crippen molar-refractivity contribution >= 4 is 17.4 Å². The summed E-state index contributed by atoms with van der Waals surface area (Å²) in [6.07, 6.45) is 1.66. The van der Waals surface area contributed by atoms with Gasteiger partial charge in [0.15, 0.2) is 0 Å². The quantitative estimate of drug-likeness (QED) is 0.704. The standard InChI is InChI=1S/C9H15ClN4/c1-13(2)6-7-14(3)8-4-5-11-9(10)12-8/h4-5H,6-7H2,1-3H3. The van der Waals surface area contributed by atoms with Gasteiger partial charge in [0.05, 0.1) is 0 Å². The van der Waals surface area contributed by atoms with Gasteiger partial charge in [0.25, 0.3) is 0 Å². The van der Waals surface area contributed by atoms with E-state index in [2.05, 4.69) is 14.9 Å². The molecule has 0 saturated carbocycles. The monoisotopic (exact) mass is 214 g/mol. The summed E-state index contributed by atoms with van der Waals surface area (Å²) in [4.78, 5) is 12.1. The van der Waals surface area contributed by atoms with E-state index in [1.54, 1.807) is 6.20 Å². The molecule has 0 spiro atoms. The van der Waals surface area contributed by atoms with Crippen LogP contribution in [0, 0.1) is 0 Å². The average Bonchev–Trinajstić information content (AvgIpc) is 2.14. The van der Waals surface area contributed by atoms with E-state index in [-0.39, 0.29) is 0 Å². The minimum absolute atomic E-state index is 0.291. The molecule has 1 aromatic heterocycles. The first-order valence-corrected chi connectivity index (χ1v) is 4.82. The van der Waals surface area contributed by atoms with Gasteiger partial charge in [-0.2, -0.15) is 0 Å². The highest BCUT2D eigenvalue weighted by molar-refractivity contribution is 6.28. The maximum atomic E-state index is 5.69. The lowest BCUT2D eigenvalue weighted by molar-refractivity contribution is 0.416. The van der Waals surface area contributed by atoms with Crippen LogP contribution in [0.3, 0.4) is 0 Å². The normalized spacial score (nSPS) is 10.6. The highest BCUT2D eigenvalue weighted by Gasteiger charge is 2.03. The van der Waals surface area contributed by atoms with Gasteiger partial charge in [0, 0.05) is 26.3 Å². The highest BCUT2D eigenvalue weighted by Crippen LogP contribution is 2.09. The molecule has 0 aliphatic rings. The molecular weight excluding hydrogens is 200 g/mol. The van der Waals surface area contributed by atoms with Gasteiger partial charge in [-0.15, -0.1) is 0 Å². The van der Waals surface area contributed by atoms with E-state index in [1.165, 1.54) is 0 Å². The fraction of sp³-hybridized carbons (Fsp3) is 0.556. The molecule has 0 saturated heterocycles. The van der Waals surface area contributed by atoms with Crippen LogP contribution in [0.4, 0.5) is 5.82 Å². The topological polar surface area (TPSA) is 32.3 Å². The molecule has 0 bridgehead atoms. The largest absolute Gasteiger partial charge is 0.358 e. The molecule has 1 heterocycles. The van der Waals surface area contributed by atoms with E-state index in [0.29, 0.717) is 5.28 Å². The Kier molecular flexibility index (Phi) is 4.10. The first kappa shape index (κ1) is 11.2. The van der Waals surface area contributed by atoms with Crippen LogP contribution in [-0.2, 0) is 0 Å². The summed E-state index contributed by atoms with van der Waals surface area (Å²) >= 11 is 5.69. The zero-order valence-electron chi connectivity index (χ0n) is 8.74. The first-order valence-electron chi connectivity index (χ1n) is 4.44. The summed E-state index contributed by atoms with van der Waals surface area (Å²) in [5.41, 5.74) is 0. The van der Waals surface area contributed by atoms with Crippen molar-refractivity contribution in [2.24, 2.45) is 0 Å². The number of anilines is 1. The molecule has 5 heteroatoms. The lowest BCUT2D eigenvalue weighted by atomic mass is 10.4. The fourth-order valence-electron chi connectivity index (χ4n) is 1.00. The Hall–Kier alpha value is -0.870. The van der Waals surface area contributed by atoms with E-state index in [9.17, 15) is 0 Å². The molecule has 0 aromatic carbocycles. The minimum atomic E-state index is 0.291. The predicted octanol–water partition coefficient (Wildman–Crippen LogP) is 1.13. The van der Waals surface area contributed by atoms with Gasteiger partial charge in [0.2, 0.25) is 5.28 Å². The lowest BCUT2D eigenvalue weighted by Gasteiger charge is -2.20. The van der Waals surface area contributed by atoms with Crippen molar-refractivity contribution in [1.82, 2.24) is 14.9 Å². The van der Waals surface area contributed by atoms with Crippen molar-refractivity contribution < 1.29 is 0 Å². The van der Waals surface area contributed by atoms with E-state index in [1.807, 2.05) is 32.1 Å². The summed E-state index contributed by atoms with van der Waals surface area (Å²) in [5.74, 6) is 0.854. The molecule has 4 nitrogen and oxygen atoms in total. The minimum Gasteiger partial charge on any atom is -0.358 e. The van der Waals surface area contributed by atoms with Crippen molar-refractivity contribution in [1.29, 1.82) is 0 Å². The SMILES string of the molecule is CN(C)CCN(C)c1ccnc(Cl)n1. The zero-order valence-corrected chi connectivity index (χ0v) is 9.49. The zero-order chi connectivity index (χ0) is 10.6. The lowest BCUT2D eigenvalue weighted by Crippen LogP contribution is -2.29. The van der Waals surface area contributed by atoms with Crippen LogP contribution < -0.4 is 4.90 Å². The molecular formula is C9H15ClN4. The highest BCUT2D eigenvalue weighted by atomic mass is 35.5. The molecule has 1 aromatic rings. The van der Waals surface area contributed by atoms with Crippen molar-refractivity contribution in [2.75, 3.05) is 39.1 Å². The Bertz CT molecular complexity index is 290. The van der Waals surface area contributed by atoms with Crippen LogP contribution in [0.5, 0.6) is 0 Å². The van der Waals surface area contributed by atoms with Gasteiger partial charge in [0.1, 0.15) is 5.82 Å². The fourth-order valence-corrected chi connectivity index (χ4v) is 1.15. The van der Waals surface area contributed by atoms with Crippen LogP contribution in [0.15, 0.2) is 12.3 Å². The summed E-state index contributed by atoms with van der Waals surface area (Å²) < 4.78 is 0. The molecule has 1 rings (SSSR count). The predicted molar refractivity (Wildman–Crippen MR) is 58.9 cm³/mol. The third-order valence-electron chi connectivity index (χ3n) is 1.89. The van der Waals surface area contributed by atoms with Crippen LogP contribution >= 0.6 is 11.6 Å². The Morgan fingerprint density at radius 2 is 2.00 bits per heavy atom. The maximum Gasteiger partial charge on any atom is 0.224 e. The molecule has 0 unspecified atom stereocenters. The molecule has 0 atom stereocenters. The molecule has 0 amide bonds. The molecule has 78 valence electrons. The number of aromatic nitrogens is 2. The van der Waals surface area contributed by atoms with Gasteiger partial charge in [-0.3, -0.25) is 0 Å². The molecule has 0 N–H and O–H groups in total. The van der Waals surface area contributed by atoms with Gasteiger partial charge in [-0.1, -0.05) is 0 Å². The van der Waals surface area contributed by atoms with Gasteiger partial charge >= 0.3 is 0 Å². The van der Waals surface area contributed by atoms with Crippen molar-refractivity contribution in [3.8, 4) is 0 Å². The van der Waals surface area contributed by atoms with Crippen LogP contribution in [0.25, 0.3) is 0 Å². The third kappa shape index (κ3) is 3.47. The van der Waals surface area contributed by atoms with Crippen molar-refractivity contribution in [2.45, 2.75) is 0 Å². The summed E-state index contributed by atoms with van der Waals surface area (Å²) in [6, 6.07) is 1.85. The van der Waals surface area contributed by atoms with Crippen LogP contribution in [0.2, 0.25) is 5.28 Å². The summed E-state index contributed by atoms with van der Waals surface area (Å²) in [6.45, 7) is 1.90. The molecule has 0 radical (unpaired) electrons. The first-order chi connectivity index (χ1) is 6.59. The van der Waals surface area contributed by atoms with Gasteiger partial charge in [-0.05, 0) is 31.8 Å². The van der Waals surface area contributed by atoms with E-state index in [4.69, 9.17) is 11.6 Å². The van der Waals surface area contributed by atoms with Crippen molar-refractivity contribution in [3.05, 3.63) is 17.5 Å². The number of hydrogen-bond donors (Lipinski definition) is 0. The van der Waals surface area contributed by atoms with Crippen LogP contribution in [-0.4, -0.2) is 49.1 Å².